The molecule has 0 saturated carbocycles. The number of H-pyrrole nitrogens is 1. The van der Waals surface area contributed by atoms with Gasteiger partial charge in [0.25, 0.3) is 5.91 Å². The van der Waals surface area contributed by atoms with Crippen molar-refractivity contribution in [1.82, 2.24) is 29.8 Å². The SMILES string of the molecule is O=C(c1cnc(-c2ccncc2)nc1)N1CCC(c2ncc[nH]2)CC1. The molecule has 126 valence electrons. The third-order valence-corrected chi connectivity index (χ3v) is 4.53. The minimum Gasteiger partial charge on any atom is -0.348 e. The van der Waals surface area contributed by atoms with Gasteiger partial charge >= 0.3 is 0 Å². The molecule has 0 unspecified atom stereocenters. The summed E-state index contributed by atoms with van der Waals surface area (Å²) in [5.41, 5.74) is 1.41. The molecule has 4 rings (SSSR count). The number of aromatic nitrogens is 5. The highest BCUT2D eigenvalue weighted by atomic mass is 16.2. The van der Waals surface area contributed by atoms with Crippen LogP contribution in [0, 0.1) is 0 Å². The molecule has 0 aromatic carbocycles. The van der Waals surface area contributed by atoms with Crippen LogP contribution >= 0.6 is 0 Å². The molecule has 1 fully saturated rings. The number of carbonyl (C=O) groups excluding carboxylic acids is 1. The zero-order valence-corrected chi connectivity index (χ0v) is 13.7. The van der Waals surface area contributed by atoms with E-state index in [1.54, 1.807) is 31.0 Å². The molecule has 1 amide bonds. The predicted molar refractivity (Wildman–Crippen MR) is 91.7 cm³/mol. The van der Waals surface area contributed by atoms with Crippen molar-refractivity contribution in [3.63, 3.8) is 0 Å². The van der Waals surface area contributed by atoms with Crippen molar-refractivity contribution in [3.05, 3.63) is 60.7 Å². The van der Waals surface area contributed by atoms with E-state index in [4.69, 9.17) is 0 Å². The number of pyridine rings is 1. The number of likely N-dealkylation sites (tertiary alicyclic amines) is 1. The van der Waals surface area contributed by atoms with Crippen LogP contribution in [0.2, 0.25) is 0 Å². The standard InChI is InChI=1S/C18H18N6O/c25-18(24-9-3-14(4-10-24)16-20-7-8-21-16)15-11-22-17(23-12-15)13-1-5-19-6-2-13/h1-2,5-8,11-12,14H,3-4,9-10H2,(H,20,21). The quantitative estimate of drug-likeness (QED) is 0.794. The molecule has 1 N–H and O–H groups in total. The van der Waals surface area contributed by atoms with Crippen LogP contribution in [0.5, 0.6) is 0 Å². The van der Waals surface area contributed by atoms with E-state index in [0.29, 0.717) is 17.3 Å². The molecule has 0 spiro atoms. The summed E-state index contributed by atoms with van der Waals surface area (Å²) < 4.78 is 0. The van der Waals surface area contributed by atoms with Gasteiger partial charge in [0.15, 0.2) is 5.82 Å². The summed E-state index contributed by atoms with van der Waals surface area (Å²) in [7, 11) is 0. The summed E-state index contributed by atoms with van der Waals surface area (Å²) in [6, 6.07) is 3.69. The maximum Gasteiger partial charge on any atom is 0.256 e. The van der Waals surface area contributed by atoms with Gasteiger partial charge in [-0.1, -0.05) is 0 Å². The minimum absolute atomic E-state index is 0.0147. The van der Waals surface area contributed by atoms with Crippen molar-refractivity contribution in [3.8, 4) is 11.4 Å². The number of rotatable bonds is 3. The molecule has 0 bridgehead atoms. The van der Waals surface area contributed by atoms with Gasteiger partial charge in [-0.15, -0.1) is 0 Å². The zero-order valence-electron chi connectivity index (χ0n) is 13.7. The molecule has 7 heteroatoms. The normalized spacial score (nSPS) is 15.3. The van der Waals surface area contributed by atoms with Gasteiger partial charge in [-0.3, -0.25) is 9.78 Å². The third-order valence-electron chi connectivity index (χ3n) is 4.53. The summed E-state index contributed by atoms with van der Waals surface area (Å²) in [6.45, 7) is 1.44. The van der Waals surface area contributed by atoms with Crippen LogP contribution in [-0.4, -0.2) is 48.8 Å². The minimum atomic E-state index is -0.0147. The predicted octanol–water partition coefficient (Wildman–Crippen LogP) is 2.28. The summed E-state index contributed by atoms with van der Waals surface area (Å²) in [5.74, 6) is 1.98. The Morgan fingerprint density at radius 1 is 1.04 bits per heavy atom. The molecule has 1 saturated heterocycles. The molecule has 7 nitrogen and oxygen atoms in total. The number of hydrogen-bond donors (Lipinski definition) is 1. The Balaban J connectivity index is 1.41. The largest absolute Gasteiger partial charge is 0.348 e. The van der Waals surface area contributed by atoms with E-state index in [2.05, 4.69) is 24.9 Å². The van der Waals surface area contributed by atoms with Gasteiger partial charge in [-0.25, -0.2) is 15.0 Å². The number of aromatic amines is 1. The average molecular weight is 334 g/mol. The van der Waals surface area contributed by atoms with Crippen LogP contribution in [0.3, 0.4) is 0 Å². The van der Waals surface area contributed by atoms with Crippen molar-refractivity contribution >= 4 is 5.91 Å². The molecular weight excluding hydrogens is 316 g/mol. The molecule has 0 atom stereocenters. The van der Waals surface area contributed by atoms with Gasteiger partial charge in [0.1, 0.15) is 5.82 Å². The molecule has 0 aliphatic carbocycles. The lowest BCUT2D eigenvalue weighted by molar-refractivity contribution is 0.0710. The van der Waals surface area contributed by atoms with Gasteiger partial charge in [-0.05, 0) is 25.0 Å². The van der Waals surface area contributed by atoms with Crippen molar-refractivity contribution < 1.29 is 4.79 Å². The number of nitrogens with one attached hydrogen (secondary N) is 1. The van der Waals surface area contributed by atoms with E-state index in [0.717, 1.165) is 37.3 Å². The zero-order chi connectivity index (χ0) is 17.1. The van der Waals surface area contributed by atoms with Gasteiger partial charge in [0, 0.05) is 61.8 Å². The summed E-state index contributed by atoms with van der Waals surface area (Å²) in [5, 5.41) is 0. The fourth-order valence-corrected chi connectivity index (χ4v) is 3.13. The van der Waals surface area contributed by atoms with Crippen LogP contribution in [-0.2, 0) is 0 Å². The van der Waals surface area contributed by atoms with Gasteiger partial charge in [0.2, 0.25) is 0 Å². The van der Waals surface area contributed by atoms with Crippen molar-refractivity contribution in [2.75, 3.05) is 13.1 Å². The van der Waals surface area contributed by atoms with Crippen molar-refractivity contribution in [1.29, 1.82) is 0 Å². The summed E-state index contributed by atoms with van der Waals surface area (Å²) >= 11 is 0. The topological polar surface area (TPSA) is 87.7 Å². The van der Waals surface area contributed by atoms with E-state index in [9.17, 15) is 4.79 Å². The summed E-state index contributed by atoms with van der Waals surface area (Å²) in [4.78, 5) is 34.6. The smallest absolute Gasteiger partial charge is 0.256 e. The Kier molecular flexibility index (Phi) is 4.20. The fourth-order valence-electron chi connectivity index (χ4n) is 3.13. The lowest BCUT2D eigenvalue weighted by Crippen LogP contribution is -2.38. The third kappa shape index (κ3) is 3.26. The first-order valence-corrected chi connectivity index (χ1v) is 8.32. The lowest BCUT2D eigenvalue weighted by atomic mass is 9.96. The number of amides is 1. The van der Waals surface area contributed by atoms with Crippen LogP contribution < -0.4 is 0 Å². The van der Waals surface area contributed by atoms with E-state index < -0.39 is 0 Å². The van der Waals surface area contributed by atoms with E-state index in [1.165, 1.54) is 0 Å². The highest BCUT2D eigenvalue weighted by molar-refractivity contribution is 5.93. The second kappa shape index (κ2) is 6.80. The number of carbonyl (C=O) groups is 1. The van der Waals surface area contributed by atoms with Gasteiger partial charge in [0.05, 0.1) is 5.56 Å². The molecule has 1 aliphatic rings. The van der Waals surface area contributed by atoms with E-state index in [1.807, 2.05) is 23.2 Å². The van der Waals surface area contributed by atoms with E-state index in [-0.39, 0.29) is 5.91 Å². The van der Waals surface area contributed by atoms with Crippen molar-refractivity contribution in [2.45, 2.75) is 18.8 Å². The number of hydrogen-bond acceptors (Lipinski definition) is 5. The molecule has 4 heterocycles. The lowest BCUT2D eigenvalue weighted by Gasteiger charge is -2.31. The van der Waals surface area contributed by atoms with Crippen LogP contribution in [0.15, 0.2) is 49.3 Å². The molecule has 1 aliphatic heterocycles. The first-order chi connectivity index (χ1) is 12.3. The molecule has 3 aromatic heterocycles. The second-order valence-corrected chi connectivity index (χ2v) is 6.07. The maximum atomic E-state index is 12.7. The maximum absolute atomic E-state index is 12.7. The van der Waals surface area contributed by atoms with Crippen LogP contribution in [0.25, 0.3) is 11.4 Å². The van der Waals surface area contributed by atoms with E-state index >= 15 is 0 Å². The highest BCUT2D eigenvalue weighted by Crippen LogP contribution is 2.26. The molecule has 0 radical (unpaired) electrons. The van der Waals surface area contributed by atoms with Gasteiger partial charge in [-0.2, -0.15) is 0 Å². The Hall–Kier alpha value is -3.09. The number of nitrogens with zero attached hydrogens (tertiary/aromatic N) is 5. The van der Waals surface area contributed by atoms with Crippen molar-refractivity contribution in [2.24, 2.45) is 0 Å². The molecule has 25 heavy (non-hydrogen) atoms. The monoisotopic (exact) mass is 334 g/mol. The van der Waals surface area contributed by atoms with Crippen LogP contribution in [0.4, 0.5) is 0 Å². The Labute approximate surface area is 145 Å². The Bertz CT molecular complexity index is 824. The Morgan fingerprint density at radius 2 is 1.76 bits per heavy atom. The number of piperidine rings is 1. The second-order valence-electron chi connectivity index (χ2n) is 6.07. The first-order valence-electron chi connectivity index (χ1n) is 8.32. The molecular formula is C18H18N6O. The molecule has 3 aromatic rings. The first kappa shape index (κ1) is 15.4. The summed E-state index contributed by atoms with van der Waals surface area (Å²) in [6.07, 6.45) is 12.0. The number of imidazole rings is 1. The van der Waals surface area contributed by atoms with Gasteiger partial charge < -0.3 is 9.88 Å². The highest BCUT2D eigenvalue weighted by Gasteiger charge is 2.26. The fraction of sp³-hybridized carbons (Fsp3) is 0.278. The van der Waals surface area contributed by atoms with Crippen LogP contribution in [0.1, 0.15) is 34.9 Å². The Morgan fingerprint density at radius 3 is 2.40 bits per heavy atom. The average Bonchev–Trinajstić information content (AvgIpc) is 3.23.